The van der Waals surface area contributed by atoms with Gasteiger partial charge < -0.3 is 9.80 Å². The fourth-order valence-electron chi connectivity index (χ4n) is 9.91. The van der Waals surface area contributed by atoms with E-state index in [2.05, 4.69) is 230 Å². The molecular formula is C58H46N2. The molecule has 0 unspecified atom stereocenters. The molecule has 0 spiro atoms. The first-order valence-electron chi connectivity index (χ1n) is 21.3. The summed E-state index contributed by atoms with van der Waals surface area (Å²) in [7, 11) is 0. The molecule has 0 aromatic heterocycles. The molecule has 0 fully saturated rings. The molecule has 2 aliphatic rings. The maximum atomic E-state index is 2.56. The summed E-state index contributed by atoms with van der Waals surface area (Å²) in [5.74, 6) is 0. The second-order valence-electron chi connectivity index (χ2n) is 16.9. The Morgan fingerprint density at radius 2 is 1.03 bits per heavy atom. The van der Waals surface area contributed by atoms with Gasteiger partial charge in [0.05, 0.1) is 11.4 Å². The van der Waals surface area contributed by atoms with Gasteiger partial charge in [0.2, 0.25) is 0 Å². The van der Waals surface area contributed by atoms with Gasteiger partial charge in [0, 0.05) is 40.1 Å². The first kappa shape index (κ1) is 36.0. The van der Waals surface area contributed by atoms with Gasteiger partial charge in [0.1, 0.15) is 0 Å². The Morgan fingerprint density at radius 3 is 1.80 bits per heavy atom. The third kappa shape index (κ3) is 6.10. The third-order valence-electron chi connectivity index (χ3n) is 12.9. The number of nitrogens with zero attached hydrogens (tertiary/aromatic N) is 2. The van der Waals surface area contributed by atoms with E-state index in [0.717, 1.165) is 30.8 Å². The third-order valence-corrected chi connectivity index (χ3v) is 12.9. The van der Waals surface area contributed by atoms with E-state index in [4.69, 9.17) is 0 Å². The predicted octanol–water partition coefficient (Wildman–Crippen LogP) is 15.7. The Bertz CT molecular complexity index is 3020. The molecule has 9 aromatic carbocycles. The van der Waals surface area contributed by atoms with Crippen molar-refractivity contribution >= 4 is 39.2 Å². The molecule has 0 atom stereocenters. The largest absolute Gasteiger partial charge is 0.341 e. The molecule has 60 heavy (non-hydrogen) atoms. The van der Waals surface area contributed by atoms with Crippen molar-refractivity contribution in [3.63, 3.8) is 0 Å². The fraction of sp³-hybridized carbons (Fsp3) is 0.103. The van der Waals surface area contributed by atoms with Crippen LogP contribution in [0.25, 0.3) is 55.3 Å². The van der Waals surface area contributed by atoms with Crippen LogP contribution in [-0.4, -0.2) is 6.54 Å². The lowest BCUT2D eigenvalue weighted by atomic mass is 9.81. The van der Waals surface area contributed by atoms with Gasteiger partial charge in [-0.15, -0.1) is 0 Å². The van der Waals surface area contributed by atoms with Gasteiger partial charge in [-0.2, -0.15) is 0 Å². The summed E-state index contributed by atoms with van der Waals surface area (Å²) in [5, 5.41) is 2.43. The standard InChI is InChI=1S/C58H46N2/c1-58(2)54-26-13-12-24-50(54)52-38-53(51-25-14-20-43-21-15-35-59(57(43)51)47-22-10-5-11-23-47)56(39-55(52)58)60(48-32-29-42(30-33-48)40-16-6-3-7-17-40)49-34-31-45-36-44(27-28-46(45)37-49)41-18-8-4-9-19-41/h3-14,16-20,22-34,36-39H,15,21,35H2,1-2H3. The molecule has 0 bridgehead atoms. The fourth-order valence-corrected chi connectivity index (χ4v) is 9.91. The molecule has 9 aromatic rings. The van der Waals surface area contributed by atoms with Crippen molar-refractivity contribution in [1.82, 2.24) is 0 Å². The van der Waals surface area contributed by atoms with E-state index in [0.29, 0.717) is 0 Å². The van der Waals surface area contributed by atoms with Crippen molar-refractivity contribution in [3.8, 4) is 44.5 Å². The number of aryl methyl sites for hydroxylation is 1. The number of para-hydroxylation sites is 2. The maximum absolute atomic E-state index is 2.56. The van der Waals surface area contributed by atoms with Crippen molar-refractivity contribution in [2.75, 3.05) is 16.3 Å². The lowest BCUT2D eigenvalue weighted by Gasteiger charge is -2.35. The lowest BCUT2D eigenvalue weighted by molar-refractivity contribution is 0.660. The van der Waals surface area contributed by atoms with Crippen LogP contribution in [0.4, 0.5) is 28.4 Å². The predicted molar refractivity (Wildman–Crippen MR) is 254 cm³/mol. The highest BCUT2D eigenvalue weighted by Gasteiger charge is 2.37. The van der Waals surface area contributed by atoms with Crippen LogP contribution in [0.3, 0.4) is 0 Å². The summed E-state index contributed by atoms with van der Waals surface area (Å²) in [6, 6.07) is 76.4. The topological polar surface area (TPSA) is 6.48 Å². The highest BCUT2D eigenvalue weighted by molar-refractivity contribution is 6.00. The lowest BCUT2D eigenvalue weighted by Crippen LogP contribution is -2.25. The van der Waals surface area contributed by atoms with E-state index < -0.39 is 0 Å². The molecule has 2 nitrogen and oxygen atoms in total. The molecule has 288 valence electrons. The van der Waals surface area contributed by atoms with Gasteiger partial charge in [0.15, 0.2) is 0 Å². The molecule has 2 heteroatoms. The van der Waals surface area contributed by atoms with Gasteiger partial charge >= 0.3 is 0 Å². The first-order valence-corrected chi connectivity index (χ1v) is 21.3. The second kappa shape index (κ2) is 14.6. The quantitative estimate of drug-likeness (QED) is 0.159. The van der Waals surface area contributed by atoms with E-state index in [1.54, 1.807) is 0 Å². The zero-order valence-electron chi connectivity index (χ0n) is 34.1. The summed E-state index contributed by atoms with van der Waals surface area (Å²) in [6.45, 7) is 5.76. The van der Waals surface area contributed by atoms with Crippen molar-refractivity contribution < 1.29 is 0 Å². The van der Waals surface area contributed by atoms with Crippen LogP contribution in [0.5, 0.6) is 0 Å². The minimum atomic E-state index is -0.175. The molecule has 0 saturated heterocycles. The van der Waals surface area contributed by atoms with E-state index in [1.165, 1.54) is 89.0 Å². The Morgan fingerprint density at radius 1 is 0.433 bits per heavy atom. The molecule has 0 amide bonds. The molecule has 11 rings (SSSR count). The van der Waals surface area contributed by atoms with E-state index >= 15 is 0 Å². The Balaban J connectivity index is 1.17. The van der Waals surface area contributed by atoms with Gasteiger partial charge in [-0.3, -0.25) is 0 Å². The Labute approximate surface area is 353 Å². The minimum absolute atomic E-state index is 0.175. The van der Waals surface area contributed by atoms with E-state index in [1.807, 2.05) is 0 Å². The van der Waals surface area contributed by atoms with Crippen LogP contribution >= 0.6 is 0 Å². The van der Waals surface area contributed by atoms with Crippen molar-refractivity contribution in [3.05, 3.63) is 223 Å². The van der Waals surface area contributed by atoms with E-state index in [9.17, 15) is 0 Å². The van der Waals surface area contributed by atoms with Crippen LogP contribution in [0.2, 0.25) is 0 Å². The molecule has 1 aliphatic carbocycles. The monoisotopic (exact) mass is 770 g/mol. The SMILES string of the molecule is CC1(C)c2ccccc2-c2cc(-c3cccc4c3N(c3ccccc3)CCC4)c(N(c3ccc(-c4ccccc4)cc3)c3ccc4cc(-c5ccccc5)ccc4c3)cc21. The number of hydrogen-bond acceptors (Lipinski definition) is 2. The smallest absolute Gasteiger partial charge is 0.0544 e. The molecule has 1 aliphatic heterocycles. The van der Waals surface area contributed by atoms with Crippen LogP contribution in [0.15, 0.2) is 206 Å². The van der Waals surface area contributed by atoms with Gasteiger partial charge in [-0.25, -0.2) is 0 Å². The van der Waals surface area contributed by atoms with Crippen molar-refractivity contribution in [2.45, 2.75) is 32.1 Å². The highest BCUT2D eigenvalue weighted by Crippen LogP contribution is 2.55. The second-order valence-corrected chi connectivity index (χ2v) is 16.9. The minimum Gasteiger partial charge on any atom is -0.341 e. The van der Waals surface area contributed by atoms with Gasteiger partial charge in [-0.1, -0.05) is 166 Å². The Hall–Kier alpha value is -7.16. The summed E-state index contributed by atoms with van der Waals surface area (Å²) in [6.07, 6.45) is 2.18. The number of benzene rings is 9. The zero-order chi connectivity index (χ0) is 40.2. The molecule has 0 radical (unpaired) electrons. The zero-order valence-corrected chi connectivity index (χ0v) is 34.1. The number of anilines is 5. The van der Waals surface area contributed by atoms with Crippen LogP contribution in [0.1, 0.15) is 37.0 Å². The van der Waals surface area contributed by atoms with Crippen molar-refractivity contribution in [1.29, 1.82) is 0 Å². The molecular weight excluding hydrogens is 725 g/mol. The van der Waals surface area contributed by atoms with E-state index in [-0.39, 0.29) is 5.41 Å². The molecule has 1 heterocycles. The highest BCUT2D eigenvalue weighted by atomic mass is 15.2. The average Bonchev–Trinajstić information content (AvgIpc) is 3.54. The molecule has 0 saturated carbocycles. The van der Waals surface area contributed by atoms with Gasteiger partial charge in [0.25, 0.3) is 0 Å². The summed E-state index contributed by atoms with van der Waals surface area (Å²) in [4.78, 5) is 5.07. The molecule has 0 N–H and O–H groups in total. The Kier molecular flexibility index (Phi) is 8.74. The summed E-state index contributed by atoms with van der Waals surface area (Å²) in [5.41, 5.74) is 19.9. The summed E-state index contributed by atoms with van der Waals surface area (Å²) >= 11 is 0. The summed E-state index contributed by atoms with van der Waals surface area (Å²) < 4.78 is 0. The first-order chi connectivity index (χ1) is 29.5. The number of hydrogen-bond donors (Lipinski definition) is 0. The van der Waals surface area contributed by atoms with Crippen molar-refractivity contribution in [2.24, 2.45) is 0 Å². The normalized spacial score (nSPS) is 13.7. The van der Waals surface area contributed by atoms with Crippen LogP contribution in [-0.2, 0) is 11.8 Å². The van der Waals surface area contributed by atoms with Gasteiger partial charge in [-0.05, 0) is 128 Å². The van der Waals surface area contributed by atoms with Crippen LogP contribution in [0, 0.1) is 0 Å². The van der Waals surface area contributed by atoms with Crippen LogP contribution < -0.4 is 9.80 Å². The average molecular weight is 771 g/mol. The number of rotatable bonds is 7. The maximum Gasteiger partial charge on any atom is 0.0544 e. The number of fused-ring (bicyclic) bond motifs is 5.